The molecule has 0 aliphatic carbocycles. The van der Waals surface area contributed by atoms with Crippen molar-refractivity contribution in [1.82, 2.24) is 9.80 Å². The van der Waals surface area contributed by atoms with E-state index in [2.05, 4.69) is 11.8 Å². The summed E-state index contributed by atoms with van der Waals surface area (Å²) in [6, 6.07) is 4.93. The SMILES string of the molecule is CCCN1CCN(C(=O)CC(C)S(=O)(=O)c2ccc3c(c2)CCN3C(C)=O)CC1. The molecule has 0 radical (unpaired) electrons. The lowest BCUT2D eigenvalue weighted by Crippen LogP contribution is -2.49. The van der Waals surface area contributed by atoms with Crippen LogP contribution in [0.2, 0.25) is 0 Å². The van der Waals surface area contributed by atoms with Crippen molar-refractivity contribution in [1.29, 1.82) is 0 Å². The lowest BCUT2D eigenvalue weighted by Gasteiger charge is -2.35. The maximum atomic E-state index is 13.0. The van der Waals surface area contributed by atoms with Crippen LogP contribution in [0.4, 0.5) is 5.69 Å². The normalized spacial score (nSPS) is 18.6. The van der Waals surface area contributed by atoms with Gasteiger partial charge < -0.3 is 9.80 Å². The molecule has 7 nitrogen and oxygen atoms in total. The Kier molecular flexibility index (Phi) is 6.63. The standard InChI is InChI=1S/C21H31N3O4S/c1-4-8-22-10-12-23(13-11-22)21(26)14-16(2)29(27,28)19-5-6-20-18(15-19)7-9-24(20)17(3)25/h5-6,15-16H,4,7-14H2,1-3H3. The lowest BCUT2D eigenvalue weighted by atomic mass is 10.2. The van der Waals surface area contributed by atoms with Gasteiger partial charge in [0.2, 0.25) is 11.8 Å². The molecule has 0 saturated carbocycles. The Balaban J connectivity index is 1.65. The second-order valence-electron chi connectivity index (χ2n) is 7.99. The van der Waals surface area contributed by atoms with Crippen molar-refractivity contribution in [2.24, 2.45) is 0 Å². The molecule has 3 rings (SSSR count). The number of fused-ring (bicyclic) bond motifs is 1. The summed E-state index contributed by atoms with van der Waals surface area (Å²) in [6.45, 7) is 9.87. The molecule has 160 valence electrons. The predicted molar refractivity (Wildman–Crippen MR) is 113 cm³/mol. The zero-order chi connectivity index (χ0) is 21.2. The Bertz CT molecular complexity index is 876. The molecule has 1 saturated heterocycles. The maximum Gasteiger partial charge on any atom is 0.223 e. The van der Waals surface area contributed by atoms with Gasteiger partial charge in [-0.2, -0.15) is 0 Å². The highest BCUT2D eigenvalue weighted by Crippen LogP contribution is 2.31. The van der Waals surface area contributed by atoms with Crippen molar-refractivity contribution < 1.29 is 18.0 Å². The highest BCUT2D eigenvalue weighted by molar-refractivity contribution is 7.92. The van der Waals surface area contributed by atoms with Gasteiger partial charge in [-0.15, -0.1) is 0 Å². The van der Waals surface area contributed by atoms with Gasteiger partial charge in [-0.25, -0.2) is 8.42 Å². The molecule has 1 unspecified atom stereocenters. The number of nitrogens with zero attached hydrogens (tertiary/aromatic N) is 3. The van der Waals surface area contributed by atoms with Crippen LogP contribution < -0.4 is 4.90 Å². The van der Waals surface area contributed by atoms with E-state index in [1.54, 1.807) is 34.9 Å². The van der Waals surface area contributed by atoms with Crippen molar-refractivity contribution in [2.75, 3.05) is 44.2 Å². The van der Waals surface area contributed by atoms with Crippen LogP contribution >= 0.6 is 0 Å². The van der Waals surface area contributed by atoms with Gasteiger partial charge in [0.1, 0.15) is 0 Å². The molecular formula is C21H31N3O4S. The van der Waals surface area contributed by atoms with Crippen LogP contribution in [0.15, 0.2) is 23.1 Å². The van der Waals surface area contributed by atoms with Crippen molar-refractivity contribution in [3.63, 3.8) is 0 Å². The fourth-order valence-electron chi connectivity index (χ4n) is 4.14. The Labute approximate surface area is 173 Å². The van der Waals surface area contributed by atoms with Crippen LogP contribution in [0.5, 0.6) is 0 Å². The van der Waals surface area contributed by atoms with Crippen LogP contribution in [0.25, 0.3) is 0 Å². The summed E-state index contributed by atoms with van der Waals surface area (Å²) in [4.78, 5) is 30.4. The molecule has 2 aliphatic rings. The molecule has 8 heteroatoms. The first-order valence-electron chi connectivity index (χ1n) is 10.4. The Hall–Kier alpha value is -1.93. The molecule has 1 aromatic rings. The van der Waals surface area contributed by atoms with Gasteiger partial charge in [0.15, 0.2) is 9.84 Å². The molecule has 2 aliphatic heterocycles. The number of amides is 2. The number of piperazine rings is 1. The highest BCUT2D eigenvalue weighted by Gasteiger charge is 2.31. The molecule has 1 aromatic carbocycles. The molecule has 2 amide bonds. The second kappa shape index (κ2) is 8.83. The Morgan fingerprint density at radius 1 is 1.10 bits per heavy atom. The summed E-state index contributed by atoms with van der Waals surface area (Å²) in [5.41, 5.74) is 1.65. The van der Waals surface area contributed by atoms with Gasteiger partial charge >= 0.3 is 0 Å². The van der Waals surface area contributed by atoms with Gasteiger partial charge in [0.25, 0.3) is 0 Å². The van der Waals surface area contributed by atoms with E-state index in [-0.39, 0.29) is 23.1 Å². The molecule has 0 bridgehead atoms. The minimum atomic E-state index is -3.61. The number of hydrogen-bond acceptors (Lipinski definition) is 5. The lowest BCUT2D eigenvalue weighted by molar-refractivity contribution is -0.132. The van der Waals surface area contributed by atoms with E-state index in [0.717, 1.165) is 37.3 Å². The van der Waals surface area contributed by atoms with Crippen LogP contribution in [0, 0.1) is 0 Å². The maximum absolute atomic E-state index is 13.0. The van der Waals surface area contributed by atoms with Gasteiger partial charge in [-0.3, -0.25) is 14.5 Å². The second-order valence-corrected chi connectivity index (χ2v) is 10.4. The smallest absolute Gasteiger partial charge is 0.223 e. The zero-order valence-corrected chi connectivity index (χ0v) is 18.4. The van der Waals surface area contributed by atoms with E-state index >= 15 is 0 Å². The molecule has 2 heterocycles. The Morgan fingerprint density at radius 3 is 2.41 bits per heavy atom. The van der Waals surface area contributed by atoms with E-state index < -0.39 is 15.1 Å². The number of benzene rings is 1. The van der Waals surface area contributed by atoms with Crippen molar-refractivity contribution >= 4 is 27.3 Å². The highest BCUT2D eigenvalue weighted by atomic mass is 32.2. The van der Waals surface area contributed by atoms with Crippen molar-refractivity contribution in [3.05, 3.63) is 23.8 Å². The van der Waals surface area contributed by atoms with E-state index in [9.17, 15) is 18.0 Å². The van der Waals surface area contributed by atoms with Crippen LogP contribution in [0.3, 0.4) is 0 Å². The van der Waals surface area contributed by atoms with Gasteiger partial charge in [-0.1, -0.05) is 6.92 Å². The molecule has 0 N–H and O–H groups in total. The summed E-state index contributed by atoms with van der Waals surface area (Å²) in [7, 11) is -3.61. The number of sulfone groups is 1. The average Bonchev–Trinajstić information content (AvgIpc) is 3.12. The molecule has 0 aromatic heterocycles. The summed E-state index contributed by atoms with van der Waals surface area (Å²) < 4.78 is 26.1. The number of carbonyl (C=O) groups is 2. The molecule has 1 fully saturated rings. The third-order valence-corrected chi connectivity index (χ3v) is 8.05. The predicted octanol–water partition coefficient (Wildman–Crippen LogP) is 1.70. The van der Waals surface area contributed by atoms with Crippen LogP contribution in [0.1, 0.15) is 39.2 Å². The number of anilines is 1. The van der Waals surface area contributed by atoms with E-state index in [0.29, 0.717) is 26.1 Å². The molecule has 0 spiro atoms. The largest absolute Gasteiger partial charge is 0.340 e. The fourth-order valence-corrected chi connectivity index (χ4v) is 5.53. The molecular weight excluding hydrogens is 390 g/mol. The number of carbonyl (C=O) groups excluding carboxylic acids is 2. The number of hydrogen-bond donors (Lipinski definition) is 0. The van der Waals surface area contributed by atoms with Gasteiger partial charge in [0, 0.05) is 51.8 Å². The summed E-state index contributed by atoms with van der Waals surface area (Å²) in [6.07, 6.45) is 1.73. The van der Waals surface area contributed by atoms with Crippen LogP contribution in [-0.4, -0.2) is 74.6 Å². The molecule has 1 atom stereocenters. The van der Waals surface area contributed by atoms with Crippen molar-refractivity contribution in [2.45, 2.75) is 50.2 Å². The minimum absolute atomic E-state index is 0.00718. The first-order valence-corrected chi connectivity index (χ1v) is 11.9. The third-order valence-electron chi connectivity index (χ3n) is 5.91. The van der Waals surface area contributed by atoms with E-state index in [1.165, 1.54) is 6.92 Å². The minimum Gasteiger partial charge on any atom is -0.340 e. The first-order chi connectivity index (χ1) is 13.7. The average molecular weight is 422 g/mol. The van der Waals surface area contributed by atoms with Crippen LogP contribution in [-0.2, 0) is 25.8 Å². The van der Waals surface area contributed by atoms with Crippen molar-refractivity contribution in [3.8, 4) is 0 Å². The van der Waals surface area contributed by atoms with Gasteiger partial charge in [-0.05, 0) is 50.1 Å². The van der Waals surface area contributed by atoms with E-state index in [1.807, 2.05) is 0 Å². The monoisotopic (exact) mass is 421 g/mol. The Morgan fingerprint density at radius 2 is 1.79 bits per heavy atom. The molecule has 29 heavy (non-hydrogen) atoms. The summed E-state index contributed by atoms with van der Waals surface area (Å²) in [5.74, 6) is -0.140. The van der Waals surface area contributed by atoms with E-state index in [4.69, 9.17) is 0 Å². The summed E-state index contributed by atoms with van der Waals surface area (Å²) in [5, 5.41) is -0.785. The first kappa shape index (κ1) is 21.8. The van der Waals surface area contributed by atoms with Gasteiger partial charge in [0.05, 0.1) is 10.1 Å². The quantitative estimate of drug-likeness (QED) is 0.699. The fraction of sp³-hybridized carbons (Fsp3) is 0.619. The number of rotatable bonds is 6. The summed E-state index contributed by atoms with van der Waals surface area (Å²) >= 11 is 0. The zero-order valence-electron chi connectivity index (χ0n) is 17.6. The topological polar surface area (TPSA) is 78.0 Å². The third kappa shape index (κ3) is 4.64.